The summed E-state index contributed by atoms with van der Waals surface area (Å²) in [5.74, 6) is 1.15. The van der Waals surface area contributed by atoms with E-state index < -0.39 is 0 Å². The van der Waals surface area contributed by atoms with Gasteiger partial charge < -0.3 is 4.74 Å². The van der Waals surface area contributed by atoms with Gasteiger partial charge in [0.05, 0.1) is 35.1 Å². The fraction of sp³-hybridized carbons (Fsp3) is 0.121. The maximum atomic E-state index is 14.3. The second-order valence-electron chi connectivity index (χ2n) is 10.1. The summed E-state index contributed by atoms with van der Waals surface area (Å²) in [4.78, 5) is 19.6. The van der Waals surface area contributed by atoms with E-state index in [0.717, 1.165) is 74.0 Å². The van der Waals surface area contributed by atoms with E-state index >= 15 is 0 Å². The van der Waals surface area contributed by atoms with E-state index in [4.69, 9.17) is 14.8 Å². The molecule has 8 rings (SSSR count). The number of para-hydroxylation sites is 1. The summed E-state index contributed by atoms with van der Waals surface area (Å²) in [7, 11) is 1.65. The van der Waals surface area contributed by atoms with Crippen LogP contribution in [0.25, 0.3) is 49.9 Å². The van der Waals surface area contributed by atoms with Crippen molar-refractivity contribution in [2.24, 2.45) is 0 Å². The molecule has 0 N–H and O–H groups in total. The van der Waals surface area contributed by atoms with Crippen molar-refractivity contribution in [3.63, 3.8) is 0 Å². The number of hydrogen-bond donors (Lipinski definition) is 0. The number of pyridine rings is 1. The topological polar surface area (TPSA) is 57.0 Å². The van der Waals surface area contributed by atoms with Crippen molar-refractivity contribution in [1.82, 2.24) is 14.8 Å². The summed E-state index contributed by atoms with van der Waals surface area (Å²) in [6.07, 6.45) is 2.20. The predicted molar refractivity (Wildman–Crippen MR) is 149 cm³/mol. The van der Waals surface area contributed by atoms with E-state index in [1.807, 2.05) is 59.3 Å². The minimum Gasteiger partial charge on any atom is -0.497 e. The lowest BCUT2D eigenvalue weighted by Gasteiger charge is -2.23. The highest BCUT2D eigenvalue weighted by atomic mass is 16.5. The molecular weight excluding hydrogens is 470 g/mol. The number of hydrogen-bond acceptors (Lipinski definition) is 4. The number of carbonyl (C=O) groups is 1. The number of rotatable bonds is 4. The van der Waals surface area contributed by atoms with Crippen molar-refractivity contribution < 1.29 is 9.53 Å². The fourth-order valence-corrected chi connectivity index (χ4v) is 5.89. The molecule has 2 aromatic heterocycles. The minimum absolute atomic E-state index is 0.0127. The second-order valence-corrected chi connectivity index (χ2v) is 10.1. The normalized spacial score (nSPS) is 14.2. The Morgan fingerprint density at radius 2 is 1.53 bits per heavy atom. The number of methoxy groups -OCH3 is 1. The second kappa shape index (κ2) is 7.86. The molecule has 6 aromatic rings. The SMILES string of the molecule is COc1ccc(-c2nc3c(c(C4CC4)nn3-c3ccccc3)c3c2C(=O)c2cccc4cccc-3c24)cc1. The minimum atomic E-state index is 0.0127. The van der Waals surface area contributed by atoms with Gasteiger partial charge in [-0.2, -0.15) is 5.10 Å². The fourth-order valence-electron chi connectivity index (χ4n) is 5.89. The van der Waals surface area contributed by atoms with Crippen molar-refractivity contribution in [3.05, 3.63) is 108 Å². The average Bonchev–Trinajstić information content (AvgIpc) is 3.75. The van der Waals surface area contributed by atoms with Crippen molar-refractivity contribution >= 4 is 27.6 Å². The molecule has 5 nitrogen and oxygen atoms in total. The average molecular weight is 494 g/mol. The first-order valence-electron chi connectivity index (χ1n) is 13.0. The highest BCUT2D eigenvalue weighted by molar-refractivity contribution is 6.30. The summed E-state index contributed by atoms with van der Waals surface area (Å²) in [6.45, 7) is 0. The van der Waals surface area contributed by atoms with Crippen LogP contribution in [0.3, 0.4) is 0 Å². The lowest BCUT2D eigenvalue weighted by Crippen LogP contribution is -2.14. The molecule has 1 fully saturated rings. The van der Waals surface area contributed by atoms with Crippen molar-refractivity contribution in [3.8, 4) is 33.8 Å². The van der Waals surface area contributed by atoms with Gasteiger partial charge in [0, 0.05) is 28.0 Å². The van der Waals surface area contributed by atoms with E-state index in [2.05, 4.69) is 36.4 Å². The number of nitrogens with zero attached hydrogens (tertiary/aromatic N) is 3. The predicted octanol–water partition coefficient (Wildman–Crippen LogP) is 7.34. The van der Waals surface area contributed by atoms with Gasteiger partial charge in [-0.05, 0) is 60.2 Å². The number of fused-ring (bicyclic) bond motifs is 4. The molecule has 0 saturated heterocycles. The third kappa shape index (κ3) is 2.96. The number of aromatic nitrogens is 3. The van der Waals surface area contributed by atoms with Crippen LogP contribution in [0.1, 0.15) is 40.4 Å². The maximum Gasteiger partial charge on any atom is 0.196 e. The zero-order valence-corrected chi connectivity index (χ0v) is 20.8. The molecule has 182 valence electrons. The molecule has 0 spiro atoms. The first-order chi connectivity index (χ1) is 18.7. The lowest BCUT2D eigenvalue weighted by atomic mass is 9.79. The molecule has 0 radical (unpaired) electrons. The molecule has 0 atom stereocenters. The first kappa shape index (κ1) is 21.3. The quantitative estimate of drug-likeness (QED) is 0.257. The van der Waals surface area contributed by atoms with Crippen LogP contribution in [-0.4, -0.2) is 27.7 Å². The van der Waals surface area contributed by atoms with Gasteiger partial charge in [-0.25, -0.2) is 9.67 Å². The van der Waals surface area contributed by atoms with Gasteiger partial charge >= 0.3 is 0 Å². The van der Waals surface area contributed by atoms with Crippen LogP contribution in [0.4, 0.5) is 0 Å². The highest BCUT2D eigenvalue weighted by Gasteiger charge is 2.37. The van der Waals surface area contributed by atoms with Crippen LogP contribution in [0, 0.1) is 0 Å². The number of ketones is 1. The summed E-state index contributed by atoms with van der Waals surface area (Å²) >= 11 is 0. The summed E-state index contributed by atoms with van der Waals surface area (Å²) < 4.78 is 7.37. The van der Waals surface area contributed by atoms with E-state index in [0.29, 0.717) is 17.2 Å². The monoisotopic (exact) mass is 493 g/mol. The van der Waals surface area contributed by atoms with Gasteiger partial charge in [-0.1, -0.05) is 54.6 Å². The molecule has 0 unspecified atom stereocenters. The molecule has 0 bridgehead atoms. The summed E-state index contributed by atoms with van der Waals surface area (Å²) in [5.41, 5.74) is 7.74. The van der Waals surface area contributed by atoms with E-state index in [9.17, 15) is 4.79 Å². The Morgan fingerprint density at radius 1 is 0.789 bits per heavy atom. The van der Waals surface area contributed by atoms with Gasteiger partial charge in [0.15, 0.2) is 11.4 Å². The van der Waals surface area contributed by atoms with Crippen LogP contribution in [-0.2, 0) is 0 Å². The van der Waals surface area contributed by atoms with E-state index in [1.165, 1.54) is 0 Å². The Hall–Kier alpha value is -4.77. The Labute approximate surface area is 219 Å². The summed E-state index contributed by atoms with van der Waals surface area (Å²) in [6, 6.07) is 30.2. The Kier molecular flexibility index (Phi) is 4.41. The molecule has 1 saturated carbocycles. The van der Waals surface area contributed by atoms with E-state index in [-0.39, 0.29) is 5.78 Å². The number of benzene rings is 4. The molecule has 4 aromatic carbocycles. The lowest BCUT2D eigenvalue weighted by molar-refractivity contribution is 0.104. The van der Waals surface area contributed by atoms with Crippen molar-refractivity contribution in [2.45, 2.75) is 18.8 Å². The first-order valence-corrected chi connectivity index (χ1v) is 13.0. The largest absolute Gasteiger partial charge is 0.497 e. The van der Waals surface area contributed by atoms with Gasteiger partial charge in [0.25, 0.3) is 0 Å². The highest BCUT2D eigenvalue weighted by Crippen LogP contribution is 2.50. The maximum absolute atomic E-state index is 14.3. The third-order valence-electron chi connectivity index (χ3n) is 7.82. The van der Waals surface area contributed by atoms with Gasteiger partial charge in [0.1, 0.15) is 5.75 Å². The number of carbonyl (C=O) groups excluding carboxylic acids is 1. The molecule has 5 heteroatoms. The molecule has 0 amide bonds. The zero-order chi connectivity index (χ0) is 25.4. The van der Waals surface area contributed by atoms with Gasteiger partial charge in [0.2, 0.25) is 0 Å². The number of ether oxygens (including phenoxy) is 1. The molecule has 2 aliphatic rings. The Balaban J connectivity index is 1.57. The molecule has 38 heavy (non-hydrogen) atoms. The smallest absolute Gasteiger partial charge is 0.196 e. The molecule has 2 heterocycles. The van der Waals surface area contributed by atoms with Gasteiger partial charge in [-0.15, -0.1) is 0 Å². The van der Waals surface area contributed by atoms with Crippen LogP contribution in [0.2, 0.25) is 0 Å². The van der Waals surface area contributed by atoms with Crippen molar-refractivity contribution in [1.29, 1.82) is 0 Å². The standard InChI is InChI=1S/C33H23N3O2/c1-38-23-17-15-20(16-18-23)30-28-27(24-11-5-7-19-8-6-12-25(26(19)24)32(28)37)29-31(21-13-14-21)35-36(33(29)34-30)22-9-3-2-4-10-22/h2-12,15-18,21H,13-14H2,1H3. The zero-order valence-electron chi connectivity index (χ0n) is 20.8. The van der Waals surface area contributed by atoms with Crippen molar-refractivity contribution in [2.75, 3.05) is 7.11 Å². The van der Waals surface area contributed by atoms with Crippen LogP contribution >= 0.6 is 0 Å². The Bertz CT molecular complexity index is 1910. The summed E-state index contributed by atoms with van der Waals surface area (Å²) in [5, 5.41) is 8.24. The van der Waals surface area contributed by atoms with Crippen LogP contribution in [0.5, 0.6) is 5.75 Å². The molecule has 0 aliphatic heterocycles. The van der Waals surface area contributed by atoms with Gasteiger partial charge in [-0.3, -0.25) is 4.79 Å². The third-order valence-corrected chi connectivity index (χ3v) is 7.82. The molecular formula is C33H23N3O2. The van der Waals surface area contributed by atoms with Crippen LogP contribution in [0.15, 0.2) is 91.0 Å². The van der Waals surface area contributed by atoms with Crippen LogP contribution < -0.4 is 4.74 Å². The van der Waals surface area contributed by atoms with E-state index in [1.54, 1.807) is 7.11 Å². The Morgan fingerprint density at radius 3 is 2.24 bits per heavy atom. The molecule has 2 aliphatic carbocycles.